The molecule has 13 heteroatoms. The molecule has 12 nitrogen and oxygen atoms in total. The van der Waals surface area contributed by atoms with Crippen LogP contribution in [-0.2, 0) is 11.2 Å². The minimum absolute atomic E-state index is 0.0331. The fraction of sp³-hybridized carbons (Fsp3) is 0.344. The van der Waals surface area contributed by atoms with Crippen LogP contribution in [0.1, 0.15) is 19.4 Å². The number of benzene rings is 3. The van der Waals surface area contributed by atoms with Crippen molar-refractivity contribution < 1.29 is 38.1 Å². The summed E-state index contributed by atoms with van der Waals surface area (Å²) >= 11 is 0. The van der Waals surface area contributed by atoms with Gasteiger partial charge in [-0.1, -0.05) is 6.92 Å². The zero-order chi connectivity index (χ0) is 32.1. The van der Waals surface area contributed by atoms with E-state index in [1.165, 1.54) is 29.2 Å². The molecule has 0 bridgehead atoms. The van der Waals surface area contributed by atoms with Gasteiger partial charge in [0.1, 0.15) is 17.7 Å². The number of carbonyl (C=O) groups excluding carboxylic acids is 3. The predicted molar refractivity (Wildman–Crippen MR) is 165 cm³/mol. The lowest BCUT2D eigenvalue weighted by molar-refractivity contribution is -0.134. The molecular weight excluding hydrogens is 585 g/mol. The van der Waals surface area contributed by atoms with Crippen LogP contribution in [0.2, 0.25) is 0 Å². The van der Waals surface area contributed by atoms with E-state index in [9.17, 15) is 23.9 Å². The Kier molecular flexibility index (Phi) is 9.57. The highest BCUT2D eigenvalue weighted by Crippen LogP contribution is 2.34. The standard InChI is InChI=1S/C32H36FN5O7/c1-19-15-38(20(2)17-39)30(40)13-21-12-24(35-31(41)34-23-6-4-22(33)5-7-23)8-10-26(21)45-29(19)16-37(3)32(42)36-25-9-11-27-28(14-25)44-18-43-27/h4-12,14,19-20,29,39H,13,15-18H2,1-3H3,(H,36,42)(H2,34,35,41)/t19-,20-,29+/m1/s1. The van der Waals surface area contributed by atoms with Crippen molar-refractivity contribution >= 4 is 35.0 Å². The maximum atomic E-state index is 13.5. The number of hydrogen-bond donors (Lipinski definition) is 4. The molecule has 0 saturated carbocycles. The average Bonchev–Trinajstić information content (AvgIpc) is 3.50. The van der Waals surface area contributed by atoms with Gasteiger partial charge in [-0.15, -0.1) is 0 Å². The topological polar surface area (TPSA) is 142 Å². The number of halogens is 1. The van der Waals surface area contributed by atoms with E-state index < -0.39 is 24.0 Å². The van der Waals surface area contributed by atoms with Crippen LogP contribution in [0.4, 0.5) is 31.0 Å². The Morgan fingerprint density at radius 1 is 0.978 bits per heavy atom. The van der Waals surface area contributed by atoms with Gasteiger partial charge in [-0.2, -0.15) is 0 Å². The molecule has 0 aromatic heterocycles. The fourth-order valence-corrected chi connectivity index (χ4v) is 5.10. The molecule has 3 aromatic carbocycles. The van der Waals surface area contributed by atoms with Crippen molar-refractivity contribution in [3.8, 4) is 17.2 Å². The zero-order valence-corrected chi connectivity index (χ0v) is 25.2. The minimum atomic E-state index is -0.547. The lowest BCUT2D eigenvalue weighted by Crippen LogP contribution is -2.48. The molecule has 2 heterocycles. The normalized spacial score (nSPS) is 18.0. The Balaban J connectivity index is 1.33. The second-order valence-corrected chi connectivity index (χ2v) is 11.2. The quantitative estimate of drug-likeness (QED) is 0.304. The van der Waals surface area contributed by atoms with Gasteiger partial charge in [0, 0.05) is 48.2 Å². The van der Waals surface area contributed by atoms with E-state index in [1.807, 2.05) is 6.92 Å². The number of carbonyl (C=O) groups is 3. The van der Waals surface area contributed by atoms with Gasteiger partial charge in [0.2, 0.25) is 12.7 Å². The number of amides is 5. The molecule has 45 heavy (non-hydrogen) atoms. The van der Waals surface area contributed by atoms with Gasteiger partial charge < -0.3 is 45.1 Å². The highest BCUT2D eigenvalue weighted by atomic mass is 19.1. The fourth-order valence-electron chi connectivity index (χ4n) is 5.10. The van der Waals surface area contributed by atoms with E-state index in [1.54, 1.807) is 55.3 Å². The highest BCUT2D eigenvalue weighted by Gasteiger charge is 2.32. The summed E-state index contributed by atoms with van der Waals surface area (Å²) in [5.74, 6) is 0.732. The molecule has 3 atom stereocenters. The van der Waals surface area contributed by atoms with Crippen molar-refractivity contribution in [3.05, 3.63) is 72.0 Å². The van der Waals surface area contributed by atoms with Crippen LogP contribution < -0.4 is 30.2 Å². The van der Waals surface area contributed by atoms with Crippen molar-refractivity contribution in [1.82, 2.24) is 9.80 Å². The van der Waals surface area contributed by atoms with Crippen LogP contribution in [0.3, 0.4) is 0 Å². The predicted octanol–water partition coefficient (Wildman–Crippen LogP) is 4.51. The summed E-state index contributed by atoms with van der Waals surface area (Å²) in [7, 11) is 1.65. The average molecular weight is 622 g/mol. The molecule has 0 unspecified atom stereocenters. The number of likely N-dealkylation sites (N-methyl/N-ethyl adjacent to an activating group) is 1. The molecule has 0 spiro atoms. The van der Waals surface area contributed by atoms with E-state index in [-0.39, 0.29) is 44.2 Å². The first-order valence-corrected chi connectivity index (χ1v) is 14.5. The van der Waals surface area contributed by atoms with Gasteiger partial charge in [0.15, 0.2) is 11.5 Å². The van der Waals surface area contributed by atoms with E-state index in [0.29, 0.717) is 46.4 Å². The van der Waals surface area contributed by atoms with Crippen molar-refractivity contribution in [2.75, 3.05) is 49.5 Å². The highest BCUT2D eigenvalue weighted by molar-refractivity contribution is 6.00. The number of nitrogens with one attached hydrogen (secondary N) is 3. The van der Waals surface area contributed by atoms with Crippen molar-refractivity contribution in [1.29, 1.82) is 0 Å². The van der Waals surface area contributed by atoms with Gasteiger partial charge in [-0.3, -0.25) is 4.79 Å². The lowest BCUT2D eigenvalue weighted by Gasteiger charge is -2.34. The molecule has 5 rings (SSSR count). The molecule has 0 aliphatic carbocycles. The van der Waals surface area contributed by atoms with Crippen LogP contribution in [0.15, 0.2) is 60.7 Å². The maximum Gasteiger partial charge on any atom is 0.323 e. The number of nitrogens with zero attached hydrogens (tertiary/aromatic N) is 2. The van der Waals surface area contributed by atoms with Crippen molar-refractivity contribution in [3.63, 3.8) is 0 Å². The van der Waals surface area contributed by atoms with Crippen molar-refractivity contribution in [2.45, 2.75) is 32.4 Å². The molecule has 0 saturated heterocycles. The zero-order valence-electron chi connectivity index (χ0n) is 25.2. The Morgan fingerprint density at radius 3 is 2.36 bits per heavy atom. The van der Waals surface area contributed by atoms with Gasteiger partial charge >= 0.3 is 12.1 Å². The number of anilines is 3. The number of aliphatic hydroxyl groups is 1. The molecule has 4 N–H and O–H groups in total. The largest absolute Gasteiger partial charge is 0.488 e. The SMILES string of the molecule is C[C@@H]1CN([C@H](C)CO)C(=O)Cc2cc(NC(=O)Nc3ccc(F)cc3)ccc2O[C@H]1CN(C)C(=O)Nc1ccc2c(c1)OCO2. The van der Waals surface area contributed by atoms with Crippen molar-refractivity contribution in [2.24, 2.45) is 5.92 Å². The first-order valence-electron chi connectivity index (χ1n) is 14.5. The Morgan fingerprint density at radius 2 is 1.62 bits per heavy atom. The summed E-state index contributed by atoms with van der Waals surface area (Å²) in [6, 6.07) is 14.1. The second kappa shape index (κ2) is 13.7. The summed E-state index contributed by atoms with van der Waals surface area (Å²) in [6.45, 7) is 4.08. The van der Waals surface area contributed by atoms with Gasteiger partial charge in [-0.05, 0) is 61.5 Å². The number of rotatable bonds is 7. The molecule has 0 radical (unpaired) electrons. The molecule has 238 valence electrons. The van der Waals surface area contributed by atoms with E-state index >= 15 is 0 Å². The third-order valence-corrected chi connectivity index (χ3v) is 7.70. The monoisotopic (exact) mass is 621 g/mol. The second-order valence-electron chi connectivity index (χ2n) is 11.2. The summed E-state index contributed by atoms with van der Waals surface area (Å²) in [5, 5.41) is 18.1. The molecule has 5 amide bonds. The Hall–Kier alpha value is -5.04. The molecule has 3 aromatic rings. The number of fused-ring (bicyclic) bond motifs is 2. The molecule has 2 aliphatic heterocycles. The first kappa shape index (κ1) is 31.4. The lowest BCUT2D eigenvalue weighted by atomic mass is 10.0. The summed E-state index contributed by atoms with van der Waals surface area (Å²) in [6.07, 6.45) is -0.564. The van der Waals surface area contributed by atoms with Crippen LogP contribution in [0.5, 0.6) is 17.2 Å². The molecule has 2 aliphatic rings. The first-order chi connectivity index (χ1) is 21.6. The summed E-state index contributed by atoms with van der Waals surface area (Å²) in [5.41, 5.74) is 1.89. The van der Waals surface area contributed by atoms with Crippen LogP contribution in [-0.4, -0.2) is 78.6 Å². The maximum absolute atomic E-state index is 13.5. The van der Waals surface area contributed by atoms with Crippen LogP contribution in [0.25, 0.3) is 0 Å². The third-order valence-electron chi connectivity index (χ3n) is 7.70. The minimum Gasteiger partial charge on any atom is -0.488 e. The number of aliphatic hydroxyl groups excluding tert-OH is 1. The van der Waals surface area contributed by atoms with Crippen LogP contribution >= 0.6 is 0 Å². The summed E-state index contributed by atoms with van der Waals surface area (Å²) in [4.78, 5) is 42.4. The smallest absolute Gasteiger partial charge is 0.323 e. The third kappa shape index (κ3) is 7.73. The number of urea groups is 2. The number of hydrogen-bond acceptors (Lipinski definition) is 7. The van der Waals surface area contributed by atoms with Gasteiger partial charge in [0.05, 0.1) is 25.6 Å². The van der Waals surface area contributed by atoms with E-state index in [0.717, 1.165) is 0 Å². The Labute approximate surface area is 260 Å². The van der Waals surface area contributed by atoms with E-state index in [2.05, 4.69) is 16.0 Å². The van der Waals surface area contributed by atoms with E-state index in [4.69, 9.17) is 14.2 Å². The Bertz CT molecular complexity index is 1550. The van der Waals surface area contributed by atoms with Gasteiger partial charge in [-0.25, -0.2) is 14.0 Å². The molecular formula is C32H36FN5O7. The molecule has 0 fully saturated rings. The number of ether oxygens (including phenoxy) is 3. The van der Waals surface area contributed by atoms with Crippen LogP contribution in [0, 0.1) is 11.7 Å². The summed E-state index contributed by atoms with van der Waals surface area (Å²) < 4.78 is 30.4. The van der Waals surface area contributed by atoms with Gasteiger partial charge in [0.25, 0.3) is 0 Å².